The minimum absolute atomic E-state index is 0.302. The number of nitrogens with one attached hydrogen (secondary N) is 1. The second kappa shape index (κ2) is 8.62. The van der Waals surface area contributed by atoms with Gasteiger partial charge in [-0.3, -0.25) is 9.78 Å². The van der Waals surface area contributed by atoms with Crippen molar-refractivity contribution in [2.24, 2.45) is 0 Å². The van der Waals surface area contributed by atoms with Crippen LogP contribution in [0.2, 0.25) is 0 Å². The number of carbonyl (C=O) groups excluding carboxylic acids is 1. The summed E-state index contributed by atoms with van der Waals surface area (Å²) in [6.45, 7) is 2.33. The molecule has 10 heteroatoms. The van der Waals surface area contributed by atoms with Gasteiger partial charge in [-0.15, -0.1) is 10.2 Å². The number of aromatic nitrogens is 7. The van der Waals surface area contributed by atoms with Crippen molar-refractivity contribution in [3.8, 4) is 11.5 Å². The van der Waals surface area contributed by atoms with Gasteiger partial charge in [0, 0.05) is 44.6 Å². The zero-order valence-electron chi connectivity index (χ0n) is 18.6. The number of anilines is 2. The van der Waals surface area contributed by atoms with Crippen LogP contribution in [0.5, 0.6) is 0 Å². The van der Waals surface area contributed by atoms with Gasteiger partial charge in [0.2, 0.25) is 5.95 Å². The zero-order valence-corrected chi connectivity index (χ0v) is 18.6. The molecule has 0 aromatic carbocycles. The van der Waals surface area contributed by atoms with E-state index in [9.17, 15) is 4.79 Å². The molecule has 0 unspecified atom stereocenters. The summed E-state index contributed by atoms with van der Waals surface area (Å²) in [5, 5.41) is 11.5. The minimum Gasteiger partial charge on any atom is -0.336 e. The van der Waals surface area contributed by atoms with Gasteiger partial charge in [0.1, 0.15) is 23.0 Å². The molecule has 0 saturated heterocycles. The summed E-state index contributed by atoms with van der Waals surface area (Å²) in [5.41, 5.74) is 3.23. The molecule has 0 saturated carbocycles. The first kappa shape index (κ1) is 20.4. The lowest BCUT2D eigenvalue weighted by Crippen LogP contribution is -2.32. The maximum Gasteiger partial charge on any atom is 0.275 e. The molecule has 0 atom stereocenters. The van der Waals surface area contributed by atoms with Crippen LogP contribution >= 0.6 is 0 Å². The van der Waals surface area contributed by atoms with E-state index >= 15 is 0 Å². The van der Waals surface area contributed by atoms with E-state index in [1.165, 1.54) is 0 Å². The van der Waals surface area contributed by atoms with Crippen LogP contribution in [0, 0.1) is 0 Å². The molecule has 1 N–H and O–H groups in total. The molecule has 170 valence electrons. The average Bonchev–Trinajstić information content (AvgIpc) is 3.33. The zero-order chi connectivity index (χ0) is 22.9. The molecule has 1 amide bonds. The van der Waals surface area contributed by atoms with Crippen LogP contribution in [0.15, 0.2) is 48.9 Å². The van der Waals surface area contributed by atoms with Gasteiger partial charge in [0.15, 0.2) is 5.82 Å². The normalized spacial score (nSPS) is 14.9. The van der Waals surface area contributed by atoms with Crippen molar-refractivity contribution >= 4 is 17.7 Å². The third kappa shape index (κ3) is 3.87. The van der Waals surface area contributed by atoms with Gasteiger partial charge in [-0.05, 0) is 54.7 Å². The Morgan fingerprint density at radius 2 is 1.85 bits per heavy atom. The maximum atomic E-state index is 13.0. The summed E-state index contributed by atoms with van der Waals surface area (Å²) < 4.78 is 2.12. The van der Waals surface area contributed by atoms with Gasteiger partial charge in [0.05, 0.1) is 0 Å². The third-order valence-electron chi connectivity index (χ3n) is 6.24. The van der Waals surface area contributed by atoms with E-state index in [0.717, 1.165) is 61.5 Å². The molecule has 6 rings (SSSR count). The molecule has 4 aromatic rings. The standard InChI is InChI=1S/C24H23N9O/c34-23(19-13-17-15-32(12-8-16(17)14-27-19)24-25-9-4-10-26-24)29-20-6-3-5-18(28-20)22-31-30-21-7-1-2-11-33(21)22/h3-6,9-10,13-14H,1-2,7-8,11-12,15H2,(H,28,29,34). The summed E-state index contributed by atoms with van der Waals surface area (Å²) in [4.78, 5) is 32.8. The molecule has 0 aliphatic carbocycles. The SMILES string of the molecule is O=C(Nc1cccc(-c2nnc3n2CCCC3)n1)c1cc2c(cn1)CCN(c1ncccn1)C2. The summed E-state index contributed by atoms with van der Waals surface area (Å²) in [6, 6.07) is 9.16. The van der Waals surface area contributed by atoms with Crippen molar-refractivity contribution in [1.82, 2.24) is 34.7 Å². The van der Waals surface area contributed by atoms with Crippen LogP contribution in [-0.4, -0.2) is 47.2 Å². The van der Waals surface area contributed by atoms with Gasteiger partial charge in [-0.2, -0.15) is 0 Å². The Morgan fingerprint density at radius 3 is 2.76 bits per heavy atom. The van der Waals surface area contributed by atoms with Crippen LogP contribution in [0.3, 0.4) is 0 Å². The Morgan fingerprint density at radius 1 is 0.941 bits per heavy atom. The summed E-state index contributed by atoms with van der Waals surface area (Å²) in [5.74, 6) is 2.57. The van der Waals surface area contributed by atoms with Crippen LogP contribution in [0.25, 0.3) is 11.5 Å². The molecule has 0 bridgehead atoms. The van der Waals surface area contributed by atoms with E-state index in [1.54, 1.807) is 30.7 Å². The van der Waals surface area contributed by atoms with Crippen LogP contribution < -0.4 is 10.2 Å². The second-order valence-corrected chi connectivity index (χ2v) is 8.47. The quantitative estimate of drug-likeness (QED) is 0.502. The summed E-state index contributed by atoms with van der Waals surface area (Å²) in [6.07, 6.45) is 9.26. The Balaban J connectivity index is 1.21. The van der Waals surface area contributed by atoms with E-state index < -0.39 is 0 Å². The number of pyridine rings is 2. The molecular formula is C24H23N9O. The fourth-order valence-corrected chi connectivity index (χ4v) is 4.49. The first-order valence-electron chi connectivity index (χ1n) is 11.5. The van der Waals surface area contributed by atoms with Crippen LogP contribution in [0.1, 0.15) is 40.3 Å². The Labute approximate surface area is 196 Å². The summed E-state index contributed by atoms with van der Waals surface area (Å²) in [7, 11) is 0. The van der Waals surface area contributed by atoms with E-state index in [0.29, 0.717) is 29.7 Å². The van der Waals surface area contributed by atoms with Crippen molar-refractivity contribution in [3.63, 3.8) is 0 Å². The lowest BCUT2D eigenvalue weighted by atomic mass is 10.0. The van der Waals surface area contributed by atoms with Crippen LogP contribution in [0.4, 0.5) is 11.8 Å². The number of hydrogen-bond acceptors (Lipinski definition) is 8. The van der Waals surface area contributed by atoms with E-state index in [4.69, 9.17) is 0 Å². The highest BCUT2D eigenvalue weighted by Crippen LogP contribution is 2.24. The van der Waals surface area contributed by atoms with Gasteiger partial charge >= 0.3 is 0 Å². The molecular weight excluding hydrogens is 430 g/mol. The molecule has 6 heterocycles. The maximum absolute atomic E-state index is 13.0. The predicted molar refractivity (Wildman–Crippen MR) is 125 cm³/mol. The lowest BCUT2D eigenvalue weighted by molar-refractivity contribution is 0.102. The van der Waals surface area contributed by atoms with Crippen molar-refractivity contribution in [2.45, 2.75) is 38.8 Å². The van der Waals surface area contributed by atoms with Gasteiger partial charge in [0.25, 0.3) is 5.91 Å². The fraction of sp³-hybridized carbons (Fsp3) is 0.292. The van der Waals surface area contributed by atoms with Gasteiger partial charge in [-0.25, -0.2) is 15.0 Å². The van der Waals surface area contributed by atoms with Crippen LogP contribution in [-0.2, 0) is 25.9 Å². The molecule has 0 fully saturated rings. The molecule has 0 radical (unpaired) electrons. The number of nitrogens with zero attached hydrogens (tertiary/aromatic N) is 8. The second-order valence-electron chi connectivity index (χ2n) is 8.47. The van der Waals surface area contributed by atoms with E-state index in [2.05, 4.69) is 44.9 Å². The monoisotopic (exact) mass is 453 g/mol. The number of hydrogen-bond donors (Lipinski definition) is 1. The molecule has 10 nitrogen and oxygen atoms in total. The largest absolute Gasteiger partial charge is 0.336 e. The predicted octanol–water partition coefficient (Wildman–Crippen LogP) is 2.68. The highest BCUT2D eigenvalue weighted by Gasteiger charge is 2.21. The highest BCUT2D eigenvalue weighted by molar-refractivity contribution is 6.02. The minimum atomic E-state index is -0.302. The van der Waals surface area contributed by atoms with Crippen molar-refractivity contribution in [2.75, 3.05) is 16.8 Å². The number of amides is 1. The van der Waals surface area contributed by atoms with Gasteiger partial charge < -0.3 is 14.8 Å². The number of aryl methyl sites for hydroxylation is 1. The third-order valence-corrected chi connectivity index (χ3v) is 6.24. The smallest absolute Gasteiger partial charge is 0.275 e. The summed E-state index contributed by atoms with van der Waals surface area (Å²) >= 11 is 0. The van der Waals surface area contributed by atoms with Crippen molar-refractivity contribution in [1.29, 1.82) is 0 Å². The lowest BCUT2D eigenvalue weighted by Gasteiger charge is -2.28. The number of fused-ring (bicyclic) bond motifs is 2. The Kier molecular flexibility index (Phi) is 5.17. The highest BCUT2D eigenvalue weighted by atomic mass is 16.1. The fourth-order valence-electron chi connectivity index (χ4n) is 4.49. The molecule has 4 aromatic heterocycles. The van der Waals surface area contributed by atoms with E-state index in [1.807, 2.05) is 18.2 Å². The molecule has 0 spiro atoms. The molecule has 2 aliphatic heterocycles. The average molecular weight is 454 g/mol. The first-order valence-corrected chi connectivity index (χ1v) is 11.5. The number of carbonyl (C=O) groups is 1. The van der Waals surface area contributed by atoms with Crippen molar-refractivity contribution < 1.29 is 4.79 Å². The first-order chi connectivity index (χ1) is 16.7. The molecule has 34 heavy (non-hydrogen) atoms. The van der Waals surface area contributed by atoms with Crippen molar-refractivity contribution in [3.05, 3.63) is 71.6 Å². The Bertz CT molecular complexity index is 1350. The number of rotatable bonds is 4. The van der Waals surface area contributed by atoms with E-state index in [-0.39, 0.29) is 5.91 Å². The molecule has 2 aliphatic rings. The topological polar surface area (TPSA) is 115 Å². The Hall–Kier alpha value is -4.21. The van der Waals surface area contributed by atoms with Gasteiger partial charge in [-0.1, -0.05) is 6.07 Å².